The standard InChI is InChI=1S/C28H37N7O3/c1-7-34(13-12-20-8-10-24(30-16-20)33-21-9-11-23(29-6)31-17-21)22-18-32-26-25(19(22)2)35(14-15-37-26)27(36)38-28(3,4)5/h8-11,16-18H,7,12-15H2,1-6H3,(H,29,31)(H,30,33). The topological polar surface area (TPSA) is 105 Å². The minimum atomic E-state index is -0.586. The maximum Gasteiger partial charge on any atom is 0.415 e. The van der Waals surface area contributed by atoms with Crippen molar-refractivity contribution in [1.82, 2.24) is 15.0 Å². The van der Waals surface area contributed by atoms with Crippen molar-refractivity contribution in [1.29, 1.82) is 0 Å². The van der Waals surface area contributed by atoms with Gasteiger partial charge in [0, 0.05) is 31.9 Å². The maximum absolute atomic E-state index is 13.0. The van der Waals surface area contributed by atoms with Crippen LogP contribution >= 0.6 is 0 Å². The van der Waals surface area contributed by atoms with Gasteiger partial charge in [0.05, 0.1) is 30.3 Å². The van der Waals surface area contributed by atoms with Crippen LogP contribution in [-0.4, -0.2) is 59.9 Å². The van der Waals surface area contributed by atoms with E-state index in [1.807, 2.05) is 65.3 Å². The van der Waals surface area contributed by atoms with E-state index in [2.05, 4.69) is 43.5 Å². The Kier molecular flexibility index (Phi) is 8.19. The molecule has 0 aliphatic carbocycles. The zero-order chi connectivity index (χ0) is 27.3. The quantitative estimate of drug-likeness (QED) is 0.417. The minimum Gasteiger partial charge on any atom is -0.474 e. The molecule has 38 heavy (non-hydrogen) atoms. The first-order valence-electron chi connectivity index (χ1n) is 12.9. The van der Waals surface area contributed by atoms with Gasteiger partial charge in [0.2, 0.25) is 5.88 Å². The molecule has 0 bridgehead atoms. The van der Waals surface area contributed by atoms with E-state index in [4.69, 9.17) is 9.47 Å². The Morgan fingerprint density at radius 3 is 2.50 bits per heavy atom. The van der Waals surface area contributed by atoms with Crippen molar-refractivity contribution < 1.29 is 14.3 Å². The van der Waals surface area contributed by atoms with Gasteiger partial charge in [0.1, 0.15) is 29.5 Å². The van der Waals surface area contributed by atoms with Gasteiger partial charge in [-0.3, -0.25) is 4.90 Å². The van der Waals surface area contributed by atoms with Gasteiger partial charge in [-0.1, -0.05) is 6.07 Å². The Bertz CT molecular complexity index is 1240. The molecule has 0 saturated heterocycles. The Morgan fingerprint density at radius 2 is 1.87 bits per heavy atom. The van der Waals surface area contributed by atoms with Gasteiger partial charge in [-0.05, 0) is 64.8 Å². The second-order valence-corrected chi connectivity index (χ2v) is 10.1. The molecule has 3 aromatic heterocycles. The number of hydrogen-bond acceptors (Lipinski definition) is 9. The van der Waals surface area contributed by atoms with Crippen LogP contribution in [0.25, 0.3) is 0 Å². The van der Waals surface area contributed by atoms with Crippen molar-refractivity contribution >= 4 is 34.8 Å². The average Bonchev–Trinajstić information content (AvgIpc) is 2.90. The van der Waals surface area contributed by atoms with Gasteiger partial charge in [0.25, 0.3) is 0 Å². The number of pyridine rings is 3. The average molecular weight is 520 g/mol. The summed E-state index contributed by atoms with van der Waals surface area (Å²) in [4.78, 5) is 30.3. The van der Waals surface area contributed by atoms with Crippen LogP contribution in [0.2, 0.25) is 0 Å². The maximum atomic E-state index is 13.0. The molecule has 0 unspecified atom stereocenters. The van der Waals surface area contributed by atoms with Crippen molar-refractivity contribution in [2.45, 2.75) is 46.6 Å². The number of anilines is 5. The molecule has 1 aliphatic heterocycles. The summed E-state index contributed by atoms with van der Waals surface area (Å²) in [5.41, 5.74) is 4.00. The lowest BCUT2D eigenvalue weighted by Crippen LogP contribution is -2.42. The normalized spacial score (nSPS) is 12.8. The number of carbonyl (C=O) groups is 1. The highest BCUT2D eigenvalue weighted by Crippen LogP contribution is 2.38. The fraction of sp³-hybridized carbons (Fsp3) is 0.429. The van der Waals surface area contributed by atoms with Crippen molar-refractivity contribution in [2.75, 3.05) is 53.7 Å². The summed E-state index contributed by atoms with van der Waals surface area (Å²) >= 11 is 0. The van der Waals surface area contributed by atoms with Gasteiger partial charge >= 0.3 is 6.09 Å². The summed E-state index contributed by atoms with van der Waals surface area (Å²) in [5.74, 6) is 2.04. The highest BCUT2D eigenvalue weighted by atomic mass is 16.6. The molecule has 10 nitrogen and oxygen atoms in total. The van der Waals surface area contributed by atoms with E-state index in [9.17, 15) is 4.79 Å². The summed E-state index contributed by atoms with van der Waals surface area (Å²) in [6.07, 6.45) is 5.91. The molecule has 0 saturated carbocycles. The van der Waals surface area contributed by atoms with Gasteiger partial charge in [-0.2, -0.15) is 0 Å². The molecular formula is C28H37N7O3. The summed E-state index contributed by atoms with van der Waals surface area (Å²) in [7, 11) is 1.84. The number of nitrogens with zero attached hydrogens (tertiary/aromatic N) is 5. The van der Waals surface area contributed by atoms with Crippen LogP contribution in [0.5, 0.6) is 5.88 Å². The second kappa shape index (κ2) is 11.5. The van der Waals surface area contributed by atoms with Crippen molar-refractivity contribution in [2.24, 2.45) is 0 Å². The molecule has 2 N–H and O–H groups in total. The van der Waals surface area contributed by atoms with E-state index in [0.29, 0.717) is 24.7 Å². The molecule has 1 amide bonds. The largest absolute Gasteiger partial charge is 0.474 e. The van der Waals surface area contributed by atoms with Crippen molar-refractivity contribution in [3.05, 3.63) is 54.0 Å². The number of rotatable bonds is 8. The van der Waals surface area contributed by atoms with E-state index in [1.165, 1.54) is 0 Å². The summed E-state index contributed by atoms with van der Waals surface area (Å²) in [5, 5.41) is 6.28. The first kappa shape index (κ1) is 27.0. The first-order chi connectivity index (χ1) is 18.2. The van der Waals surface area contributed by atoms with Crippen LogP contribution in [0, 0.1) is 6.92 Å². The predicted molar refractivity (Wildman–Crippen MR) is 151 cm³/mol. The number of nitrogens with one attached hydrogen (secondary N) is 2. The lowest BCUT2D eigenvalue weighted by molar-refractivity contribution is 0.0566. The smallest absolute Gasteiger partial charge is 0.415 e. The molecule has 0 radical (unpaired) electrons. The zero-order valence-electron chi connectivity index (χ0n) is 23.0. The molecule has 4 heterocycles. The lowest BCUT2D eigenvalue weighted by atomic mass is 10.1. The molecule has 0 spiro atoms. The van der Waals surface area contributed by atoms with Crippen LogP contribution < -0.4 is 25.2 Å². The molecule has 202 valence electrons. The Balaban J connectivity index is 1.45. The molecular weight excluding hydrogens is 482 g/mol. The summed E-state index contributed by atoms with van der Waals surface area (Å²) in [6, 6.07) is 7.91. The monoisotopic (exact) mass is 519 g/mol. The Morgan fingerprint density at radius 1 is 1.11 bits per heavy atom. The van der Waals surface area contributed by atoms with E-state index in [-0.39, 0.29) is 6.09 Å². The number of ether oxygens (including phenoxy) is 2. The summed E-state index contributed by atoms with van der Waals surface area (Å²) in [6.45, 7) is 12.1. The van der Waals surface area contributed by atoms with Gasteiger partial charge < -0.3 is 25.0 Å². The third kappa shape index (κ3) is 6.42. The highest BCUT2D eigenvalue weighted by molar-refractivity contribution is 5.92. The van der Waals surface area contributed by atoms with E-state index in [0.717, 1.165) is 53.6 Å². The van der Waals surface area contributed by atoms with Gasteiger partial charge in [0.15, 0.2) is 0 Å². The number of amides is 1. The zero-order valence-corrected chi connectivity index (χ0v) is 23.0. The SMILES string of the molecule is CCN(CCc1ccc(Nc2ccc(NC)nc2)nc1)c1cnc2c(c1C)N(C(=O)OC(C)(C)C)CCO2. The van der Waals surface area contributed by atoms with Crippen LogP contribution in [0.3, 0.4) is 0 Å². The number of fused-ring (bicyclic) bond motifs is 1. The highest BCUT2D eigenvalue weighted by Gasteiger charge is 2.32. The third-order valence-electron chi connectivity index (χ3n) is 6.19. The second-order valence-electron chi connectivity index (χ2n) is 10.1. The Labute approximate surface area is 224 Å². The molecule has 1 aliphatic rings. The molecule has 10 heteroatoms. The molecule has 0 atom stereocenters. The van der Waals surface area contributed by atoms with E-state index in [1.54, 1.807) is 11.1 Å². The van der Waals surface area contributed by atoms with Crippen LogP contribution in [0.15, 0.2) is 42.9 Å². The van der Waals surface area contributed by atoms with Gasteiger partial charge in [-0.25, -0.2) is 19.7 Å². The summed E-state index contributed by atoms with van der Waals surface area (Å²) < 4.78 is 11.4. The van der Waals surface area contributed by atoms with E-state index >= 15 is 0 Å². The fourth-order valence-electron chi connectivity index (χ4n) is 4.27. The predicted octanol–water partition coefficient (Wildman–Crippen LogP) is 5.17. The molecule has 0 aromatic carbocycles. The molecule has 0 fully saturated rings. The Hall–Kier alpha value is -4.08. The number of carbonyl (C=O) groups excluding carboxylic acids is 1. The number of likely N-dealkylation sites (N-methyl/N-ethyl adjacent to an activating group) is 1. The fourth-order valence-corrected chi connectivity index (χ4v) is 4.27. The van der Waals surface area contributed by atoms with Crippen molar-refractivity contribution in [3.8, 4) is 5.88 Å². The van der Waals surface area contributed by atoms with Crippen LogP contribution in [0.4, 0.5) is 33.5 Å². The minimum absolute atomic E-state index is 0.380. The van der Waals surface area contributed by atoms with Crippen LogP contribution in [-0.2, 0) is 11.2 Å². The first-order valence-corrected chi connectivity index (χ1v) is 12.9. The molecule has 3 aromatic rings. The van der Waals surface area contributed by atoms with Crippen molar-refractivity contribution in [3.63, 3.8) is 0 Å². The molecule has 4 rings (SSSR count). The number of hydrogen-bond donors (Lipinski definition) is 2. The van der Waals surface area contributed by atoms with E-state index < -0.39 is 5.60 Å². The number of aromatic nitrogens is 3. The van der Waals surface area contributed by atoms with Gasteiger partial charge in [-0.15, -0.1) is 0 Å². The third-order valence-corrected chi connectivity index (χ3v) is 6.19. The lowest BCUT2D eigenvalue weighted by Gasteiger charge is -2.34. The van der Waals surface area contributed by atoms with Crippen LogP contribution in [0.1, 0.15) is 38.8 Å².